The highest BCUT2D eigenvalue weighted by Gasteiger charge is 2.30. The fourth-order valence-corrected chi connectivity index (χ4v) is 3.54. The summed E-state index contributed by atoms with van der Waals surface area (Å²) in [5, 5.41) is 3.95. The molecule has 0 aliphatic carbocycles. The molecule has 5 rings (SSSR count). The normalized spacial score (nSPS) is 14.9. The minimum Gasteiger partial charge on any atom is -0.485 e. The van der Waals surface area contributed by atoms with Gasteiger partial charge in [0, 0.05) is 16.0 Å². The fourth-order valence-electron chi connectivity index (χ4n) is 3.41. The molecule has 1 aromatic heterocycles. The first-order valence-corrected chi connectivity index (χ1v) is 9.99. The topological polar surface area (TPSA) is 77.8 Å². The van der Waals surface area contributed by atoms with E-state index < -0.39 is 12.0 Å². The van der Waals surface area contributed by atoms with Crippen molar-refractivity contribution in [2.45, 2.75) is 6.10 Å². The number of fused-ring (bicyclic) bond motifs is 2. The van der Waals surface area contributed by atoms with Crippen LogP contribution in [0.4, 0.5) is 5.69 Å². The predicted octanol–water partition coefficient (Wildman–Crippen LogP) is 5.10. The van der Waals surface area contributed by atoms with Crippen LogP contribution in [-0.2, 0) is 4.79 Å². The summed E-state index contributed by atoms with van der Waals surface area (Å²) in [7, 11) is 0. The molecule has 0 spiro atoms. The Labute approximate surface area is 182 Å². The van der Waals surface area contributed by atoms with Gasteiger partial charge < -0.3 is 19.2 Å². The second kappa shape index (κ2) is 7.81. The van der Waals surface area contributed by atoms with Gasteiger partial charge >= 0.3 is 0 Å². The fraction of sp³-hybridized carbons (Fsp3) is 0.0833. The van der Waals surface area contributed by atoms with Crippen LogP contribution >= 0.6 is 11.6 Å². The summed E-state index contributed by atoms with van der Waals surface area (Å²) in [6.45, 7) is 0.0547. The second-order valence-electron chi connectivity index (χ2n) is 6.99. The van der Waals surface area contributed by atoms with Gasteiger partial charge in [0.25, 0.3) is 5.91 Å². The minimum absolute atomic E-state index is 0.0361. The van der Waals surface area contributed by atoms with Crippen LogP contribution in [0.2, 0.25) is 5.02 Å². The molecule has 1 aliphatic rings. The Bertz CT molecular complexity index is 1300. The number of rotatable bonds is 4. The van der Waals surface area contributed by atoms with Crippen LogP contribution in [0.3, 0.4) is 0 Å². The summed E-state index contributed by atoms with van der Waals surface area (Å²) in [5.74, 6) is 0.303. The molecule has 7 heteroatoms. The summed E-state index contributed by atoms with van der Waals surface area (Å²) in [6.07, 6.45) is -0.873. The van der Waals surface area contributed by atoms with Crippen LogP contribution in [0.25, 0.3) is 11.0 Å². The number of carbonyl (C=O) groups is 2. The Morgan fingerprint density at radius 2 is 1.61 bits per heavy atom. The van der Waals surface area contributed by atoms with Crippen LogP contribution in [0.15, 0.2) is 77.2 Å². The van der Waals surface area contributed by atoms with Crippen molar-refractivity contribution < 1.29 is 23.5 Å². The molecular weight excluding hydrogens is 418 g/mol. The highest BCUT2D eigenvalue weighted by Crippen LogP contribution is 2.34. The van der Waals surface area contributed by atoms with Gasteiger partial charge in [-0.05, 0) is 48.5 Å². The lowest BCUT2D eigenvalue weighted by Crippen LogP contribution is -2.40. The molecule has 4 aromatic rings. The number of nitrogens with one attached hydrogen (secondary N) is 1. The highest BCUT2D eigenvalue weighted by atomic mass is 35.5. The number of halogens is 1. The molecule has 2 heterocycles. The molecule has 0 saturated carbocycles. The van der Waals surface area contributed by atoms with E-state index in [1.807, 2.05) is 6.07 Å². The highest BCUT2D eigenvalue weighted by molar-refractivity contribution is 6.30. The van der Waals surface area contributed by atoms with E-state index in [1.165, 1.54) is 0 Å². The van der Waals surface area contributed by atoms with Gasteiger partial charge in [0.2, 0.25) is 11.9 Å². The van der Waals surface area contributed by atoms with Crippen LogP contribution in [0.5, 0.6) is 11.5 Å². The number of para-hydroxylation sites is 3. The first-order valence-electron chi connectivity index (χ1n) is 9.61. The van der Waals surface area contributed by atoms with E-state index in [0.717, 1.165) is 0 Å². The first-order chi connectivity index (χ1) is 15.1. The number of ketones is 1. The third kappa shape index (κ3) is 3.62. The van der Waals surface area contributed by atoms with Gasteiger partial charge in [-0.25, -0.2) is 0 Å². The van der Waals surface area contributed by atoms with Crippen molar-refractivity contribution in [2.24, 2.45) is 0 Å². The van der Waals surface area contributed by atoms with Crippen molar-refractivity contribution in [1.82, 2.24) is 0 Å². The third-order valence-corrected chi connectivity index (χ3v) is 5.21. The Hall–Kier alpha value is -3.77. The molecule has 3 aromatic carbocycles. The zero-order chi connectivity index (χ0) is 21.4. The number of furan rings is 1. The van der Waals surface area contributed by atoms with Gasteiger partial charge in [-0.2, -0.15) is 0 Å². The molecule has 1 amide bonds. The summed E-state index contributed by atoms with van der Waals surface area (Å²) < 4.78 is 17.2. The first kappa shape index (κ1) is 19.2. The Balaban J connectivity index is 1.48. The van der Waals surface area contributed by atoms with Gasteiger partial charge in [0.05, 0.1) is 5.69 Å². The maximum absolute atomic E-state index is 13.1. The molecule has 1 aliphatic heterocycles. The van der Waals surface area contributed by atoms with Crippen LogP contribution in [0, 0.1) is 0 Å². The lowest BCUT2D eigenvalue weighted by atomic mass is 10.1. The van der Waals surface area contributed by atoms with Crippen LogP contribution in [0.1, 0.15) is 16.1 Å². The number of hydrogen-bond acceptors (Lipinski definition) is 5. The lowest BCUT2D eigenvalue weighted by Gasteiger charge is -2.25. The number of hydrogen-bond donors (Lipinski definition) is 1. The average Bonchev–Trinajstić information content (AvgIpc) is 3.17. The van der Waals surface area contributed by atoms with E-state index in [-0.39, 0.29) is 18.2 Å². The molecule has 154 valence electrons. The predicted molar refractivity (Wildman–Crippen MR) is 116 cm³/mol. The monoisotopic (exact) mass is 433 g/mol. The van der Waals surface area contributed by atoms with Gasteiger partial charge in [0.1, 0.15) is 12.2 Å². The van der Waals surface area contributed by atoms with E-state index in [0.29, 0.717) is 38.7 Å². The summed E-state index contributed by atoms with van der Waals surface area (Å²) in [5.41, 5.74) is 1.18. The van der Waals surface area contributed by atoms with Gasteiger partial charge in [-0.3, -0.25) is 9.59 Å². The molecule has 0 saturated heterocycles. The number of anilines is 1. The summed E-state index contributed by atoms with van der Waals surface area (Å²) >= 11 is 5.93. The largest absolute Gasteiger partial charge is 0.485 e. The van der Waals surface area contributed by atoms with Crippen molar-refractivity contribution >= 4 is 39.9 Å². The number of amides is 1. The van der Waals surface area contributed by atoms with Crippen molar-refractivity contribution in [1.29, 1.82) is 0 Å². The maximum Gasteiger partial charge on any atom is 0.269 e. The van der Waals surface area contributed by atoms with Crippen molar-refractivity contribution in [3.63, 3.8) is 0 Å². The molecule has 0 bridgehead atoms. The van der Waals surface area contributed by atoms with Gasteiger partial charge in [0.15, 0.2) is 17.3 Å². The number of carbonyl (C=O) groups excluding carboxylic acids is 2. The standard InChI is InChI=1S/C24H16ClNO5/c25-15-11-9-14(10-12-15)22(27)23-21(16-5-1-2-6-17(16)31-23)26-24(28)20-13-29-18-7-3-4-8-19(18)30-20/h1-12,20H,13H2,(H,26,28). The quantitative estimate of drug-likeness (QED) is 0.453. The molecule has 1 N–H and O–H groups in total. The van der Waals surface area contributed by atoms with Gasteiger partial charge in [-0.15, -0.1) is 0 Å². The van der Waals surface area contributed by atoms with Crippen molar-refractivity contribution in [3.05, 3.63) is 89.1 Å². The number of ether oxygens (including phenoxy) is 2. The molecule has 31 heavy (non-hydrogen) atoms. The Morgan fingerprint density at radius 1 is 0.903 bits per heavy atom. The van der Waals surface area contributed by atoms with Crippen LogP contribution < -0.4 is 14.8 Å². The summed E-state index contributed by atoms with van der Waals surface area (Å²) in [4.78, 5) is 26.1. The Kier molecular flexibility index (Phi) is 4.84. The second-order valence-corrected chi connectivity index (χ2v) is 7.43. The Morgan fingerprint density at radius 3 is 2.42 bits per heavy atom. The molecule has 0 radical (unpaired) electrons. The molecule has 6 nitrogen and oxygen atoms in total. The third-order valence-electron chi connectivity index (χ3n) is 4.96. The maximum atomic E-state index is 13.1. The van der Waals surface area contributed by atoms with Crippen molar-refractivity contribution in [2.75, 3.05) is 11.9 Å². The zero-order valence-corrected chi connectivity index (χ0v) is 16.9. The van der Waals surface area contributed by atoms with E-state index in [1.54, 1.807) is 66.7 Å². The summed E-state index contributed by atoms with van der Waals surface area (Å²) in [6, 6.07) is 20.7. The zero-order valence-electron chi connectivity index (χ0n) is 16.1. The molecule has 0 fully saturated rings. The van der Waals surface area contributed by atoms with E-state index in [4.69, 9.17) is 25.5 Å². The van der Waals surface area contributed by atoms with E-state index in [9.17, 15) is 9.59 Å². The molecule has 1 atom stereocenters. The van der Waals surface area contributed by atoms with E-state index in [2.05, 4.69) is 5.32 Å². The molecular formula is C24H16ClNO5. The number of benzene rings is 3. The smallest absolute Gasteiger partial charge is 0.269 e. The average molecular weight is 434 g/mol. The van der Waals surface area contributed by atoms with E-state index >= 15 is 0 Å². The minimum atomic E-state index is -0.873. The van der Waals surface area contributed by atoms with Crippen LogP contribution in [-0.4, -0.2) is 24.4 Å². The SMILES string of the molecule is O=C(c1ccc(Cl)cc1)c1oc2ccccc2c1NC(=O)C1COc2ccccc2O1. The lowest BCUT2D eigenvalue weighted by molar-refractivity contribution is -0.125. The van der Waals surface area contributed by atoms with Gasteiger partial charge in [-0.1, -0.05) is 35.9 Å². The van der Waals surface area contributed by atoms with Crippen molar-refractivity contribution in [3.8, 4) is 11.5 Å². The molecule has 1 unspecified atom stereocenters.